The van der Waals surface area contributed by atoms with Gasteiger partial charge in [-0.25, -0.2) is 14.0 Å². The highest BCUT2D eigenvalue weighted by Crippen LogP contribution is 2.36. The van der Waals surface area contributed by atoms with Crippen LogP contribution in [0, 0.1) is 83.1 Å². The number of rotatable bonds is 0. The van der Waals surface area contributed by atoms with Gasteiger partial charge >= 0.3 is 0 Å². The molecule has 12 aromatic rings. The summed E-state index contributed by atoms with van der Waals surface area (Å²) < 4.78 is 61.2. The summed E-state index contributed by atoms with van der Waals surface area (Å²) in [6.45, 7) is 31.9. The first-order valence-corrected chi connectivity index (χ1v) is 48.7. The fraction of sp³-hybridized carbons (Fsp3) is 0.625. The molecule has 21 heterocycles. The molecule has 0 N–H and O–H groups in total. The SMILES string of the molecule is Cc1nn(C)c2c1CCC2.Cc1nn(C)c2c1CCCC2.Cc1nn(C)c2c1CCCCC2.Cc1nn(C)c2c1CCCCO2.Cc1nn(C)c2c1CCCO2.Cc1nn(C)c2c1CCCS2.Cc1nn(C)c2c1CCO2.Cc1nn(C)c2c1CCS2.Cc1nn(C)c2c1COC2.Cc1nn(C)c2c1COCC2.Cc1nn(C)c2c1OCC2.Cc1nn(C)c2c1OCCC2. The molecule has 0 spiro atoms. The Balaban J connectivity index is 0.000000120. The number of thioether (sulfide) groups is 2. The van der Waals surface area contributed by atoms with Crippen LogP contribution in [-0.2, 0) is 204 Å². The molecule has 0 aromatic carbocycles. The molecule has 0 bridgehead atoms. The molecular weight excluding hydrogens is 1670 g/mol. The van der Waals surface area contributed by atoms with Crippen LogP contribution in [0.2, 0.25) is 0 Å². The molecule has 12 aliphatic rings. The standard InChI is InChI=1S/C10H16N2.C9H14N2O.C9H14N2.3C8H12N2O.C8H12N2S.C8H12N2.3C7H10N2O.C7H10N2S/c1-8-9-6-4-3-5-7-10(9)12(2)11-8;1-7-8-5-3-4-6-12-9(8)11(2)10-7;1-7-8-5-3-4-6-9(8)11(2)10-7;1-6-7-5-11-4-3-8(7)10(2)9-6;1-6-8-7(10(2)9-6)4-3-5-11-8;2*1-6-7-4-3-5-11-8(7)10(2)9-6;1-6-7-4-3-5-8(7)10(2)9-6;1-5-6-3-10-4-7(6)9(2)8-5;1-5-7-6(3-4-10-7)9(2)8-5;2*1-5-6-3-4-10-7(6)9(2)8-5/h3-7H2,1-2H3;3-6H2,1-2H3;3-6H2,1-2H3;4*3-5H2,1-2H3;3-5H2,1-2H3;4*3-4H2,1-2H3. The Morgan fingerprint density at radius 1 is 0.194 bits per heavy atom. The summed E-state index contributed by atoms with van der Waals surface area (Å²) in [5, 5.41) is 54.6. The molecule has 0 amide bonds. The molecule has 0 saturated heterocycles. The summed E-state index contributed by atoms with van der Waals surface area (Å²) in [7, 11) is 23.9. The number of hydrogen-bond acceptors (Lipinski definition) is 21. The quantitative estimate of drug-likeness (QED) is 0.128. The first-order chi connectivity index (χ1) is 62.0. The molecule has 702 valence electrons. The van der Waals surface area contributed by atoms with Crippen LogP contribution in [0.3, 0.4) is 0 Å². The zero-order valence-corrected chi connectivity index (χ0v) is 83.5. The van der Waals surface area contributed by atoms with Crippen LogP contribution in [0.1, 0.15) is 234 Å². The molecule has 31 nitrogen and oxygen atoms in total. The monoisotopic (exact) mass is 1810 g/mol. The van der Waals surface area contributed by atoms with Crippen LogP contribution in [0.4, 0.5) is 0 Å². The number of hydrogen-bond donors (Lipinski definition) is 0. The summed E-state index contributed by atoms with van der Waals surface area (Å²) in [6.07, 6.45) is 30.2. The van der Waals surface area contributed by atoms with Gasteiger partial charge in [0.1, 0.15) is 11.4 Å². The summed E-state index contributed by atoms with van der Waals surface area (Å²) in [6, 6.07) is 0. The van der Waals surface area contributed by atoms with Crippen LogP contribution in [-0.4, -0.2) is 169 Å². The molecule has 129 heavy (non-hydrogen) atoms. The third kappa shape index (κ3) is 23.0. The molecule has 24 rings (SSSR count). The van der Waals surface area contributed by atoms with E-state index in [-0.39, 0.29) is 0 Å². The summed E-state index contributed by atoms with van der Waals surface area (Å²) in [5.74, 6) is 7.41. The lowest BCUT2D eigenvalue weighted by molar-refractivity contribution is 0.109. The minimum atomic E-state index is 0.729. The highest BCUT2D eigenvalue weighted by Gasteiger charge is 2.28. The van der Waals surface area contributed by atoms with Crippen molar-refractivity contribution in [3.8, 4) is 29.1 Å². The maximum absolute atomic E-state index is 5.60. The van der Waals surface area contributed by atoms with Gasteiger partial charge in [-0.1, -0.05) is 6.42 Å². The molecule has 9 aliphatic heterocycles. The predicted octanol–water partition coefficient (Wildman–Crippen LogP) is 14.4. The van der Waals surface area contributed by atoms with Crippen molar-refractivity contribution in [1.82, 2.24) is 117 Å². The van der Waals surface area contributed by atoms with Crippen molar-refractivity contribution in [2.75, 3.05) is 51.1 Å². The lowest BCUT2D eigenvalue weighted by atomic mass is 9.96. The Morgan fingerprint density at radius 2 is 0.496 bits per heavy atom. The van der Waals surface area contributed by atoms with Crippen LogP contribution in [0.15, 0.2) is 10.1 Å². The number of ether oxygens (including phenoxy) is 7. The maximum atomic E-state index is 5.60. The van der Waals surface area contributed by atoms with Crippen LogP contribution in [0.25, 0.3) is 0 Å². The van der Waals surface area contributed by atoms with E-state index in [0.717, 1.165) is 186 Å². The Kier molecular flexibility index (Phi) is 33.3. The molecule has 3 aliphatic carbocycles. The summed E-state index contributed by atoms with van der Waals surface area (Å²) >= 11 is 3.85. The second-order valence-corrected chi connectivity index (χ2v) is 37.6. The lowest BCUT2D eigenvalue weighted by Gasteiger charge is -2.13. The van der Waals surface area contributed by atoms with Gasteiger partial charge in [0.05, 0.1) is 144 Å². The van der Waals surface area contributed by atoms with Gasteiger partial charge in [-0.15, -0.1) is 23.5 Å². The van der Waals surface area contributed by atoms with Gasteiger partial charge in [0.15, 0.2) is 11.5 Å². The highest BCUT2D eigenvalue weighted by atomic mass is 32.2. The third-order valence-corrected chi connectivity index (χ3v) is 28.6. The van der Waals surface area contributed by atoms with Crippen molar-refractivity contribution in [1.29, 1.82) is 0 Å². The number of aryl methyl sites for hydroxylation is 24. The Morgan fingerprint density at radius 3 is 1.01 bits per heavy atom. The van der Waals surface area contributed by atoms with E-state index in [4.69, 9.17) is 33.2 Å². The van der Waals surface area contributed by atoms with Gasteiger partial charge in [0, 0.05) is 171 Å². The number of aromatic nitrogens is 24. The van der Waals surface area contributed by atoms with Crippen molar-refractivity contribution in [3.05, 3.63) is 164 Å². The van der Waals surface area contributed by atoms with Crippen LogP contribution >= 0.6 is 23.5 Å². The number of nitrogens with zero attached hydrogens (tertiary/aromatic N) is 24. The Bertz CT molecular complexity index is 4740. The van der Waals surface area contributed by atoms with Crippen molar-refractivity contribution >= 4 is 23.5 Å². The third-order valence-electron chi connectivity index (χ3n) is 26.1. The van der Waals surface area contributed by atoms with E-state index < -0.39 is 0 Å². The molecule has 0 fully saturated rings. The molecule has 0 atom stereocenters. The minimum absolute atomic E-state index is 0.729. The van der Waals surface area contributed by atoms with Gasteiger partial charge in [0.25, 0.3) is 0 Å². The zero-order chi connectivity index (χ0) is 92.0. The van der Waals surface area contributed by atoms with E-state index in [2.05, 4.69) is 115 Å². The zero-order valence-electron chi connectivity index (χ0n) is 81.9. The van der Waals surface area contributed by atoms with Gasteiger partial charge < -0.3 is 33.2 Å². The fourth-order valence-corrected chi connectivity index (χ4v) is 21.8. The van der Waals surface area contributed by atoms with E-state index in [1.54, 1.807) is 4.68 Å². The van der Waals surface area contributed by atoms with E-state index in [0.29, 0.717) is 0 Å². The van der Waals surface area contributed by atoms with E-state index in [9.17, 15) is 0 Å². The second-order valence-electron chi connectivity index (χ2n) is 35.5. The molecule has 12 aromatic heterocycles. The average Bonchev–Trinajstić information content (AvgIpc) is 1.66. The molecule has 33 heteroatoms. The summed E-state index contributed by atoms with van der Waals surface area (Å²) in [4.78, 5) is 0. The van der Waals surface area contributed by atoms with Crippen molar-refractivity contribution in [2.45, 2.75) is 273 Å². The average molecular weight is 1810 g/mol. The lowest BCUT2D eigenvalue weighted by Crippen LogP contribution is -2.11. The van der Waals surface area contributed by atoms with Crippen molar-refractivity contribution in [2.24, 2.45) is 84.6 Å². The minimum Gasteiger partial charge on any atom is -0.490 e. The van der Waals surface area contributed by atoms with Crippen LogP contribution < -0.4 is 23.7 Å². The first-order valence-electron chi connectivity index (χ1n) is 46.7. The molecule has 0 unspecified atom stereocenters. The smallest absolute Gasteiger partial charge is 0.215 e. The van der Waals surface area contributed by atoms with Gasteiger partial charge in [-0.05, 0) is 240 Å². The van der Waals surface area contributed by atoms with Gasteiger partial charge in [-0.3, -0.25) is 42.1 Å². The number of fused-ring (bicyclic) bond motifs is 12. The molecule has 0 radical (unpaired) electrons. The van der Waals surface area contributed by atoms with E-state index in [1.165, 1.54) is 248 Å². The van der Waals surface area contributed by atoms with E-state index in [1.807, 2.05) is 189 Å². The largest absolute Gasteiger partial charge is 0.490 e. The van der Waals surface area contributed by atoms with Gasteiger partial charge in [-0.2, -0.15) is 61.2 Å². The normalized spacial score (nSPS) is 16.1. The highest BCUT2D eigenvalue weighted by molar-refractivity contribution is 7.99. The Labute approximate surface area is 771 Å². The van der Waals surface area contributed by atoms with E-state index >= 15 is 0 Å². The Hall–Kier alpha value is -9.86. The topological polar surface area (TPSA) is 278 Å². The van der Waals surface area contributed by atoms with Gasteiger partial charge in [0.2, 0.25) is 17.6 Å². The predicted molar refractivity (Wildman–Crippen MR) is 505 cm³/mol. The van der Waals surface area contributed by atoms with Crippen LogP contribution in [0.5, 0.6) is 29.1 Å². The summed E-state index contributed by atoms with van der Waals surface area (Å²) in [5.41, 5.74) is 37.1. The fourth-order valence-electron chi connectivity index (χ4n) is 19.5. The second kappa shape index (κ2) is 44.4. The first kappa shape index (κ1) is 96.7. The van der Waals surface area contributed by atoms with Crippen molar-refractivity contribution in [3.63, 3.8) is 0 Å². The maximum Gasteiger partial charge on any atom is 0.215 e. The molecular formula is C96H144N24O7S2. The molecule has 0 saturated carbocycles. The van der Waals surface area contributed by atoms with Crippen molar-refractivity contribution < 1.29 is 33.2 Å².